The van der Waals surface area contributed by atoms with Crippen LogP contribution in [-0.2, 0) is 26.2 Å². The fourth-order valence-electron chi connectivity index (χ4n) is 4.28. The molecule has 0 aliphatic rings. The first-order chi connectivity index (χ1) is 20.7. The van der Waals surface area contributed by atoms with Gasteiger partial charge in [0, 0.05) is 29.2 Å². The largest absolute Gasteiger partial charge is 0.495 e. The van der Waals surface area contributed by atoms with E-state index in [2.05, 4.69) is 5.32 Å². The highest BCUT2D eigenvalue weighted by molar-refractivity contribution is 7.92. The number of carbonyl (C=O) groups is 2. The second-order valence-corrected chi connectivity index (χ2v) is 12.5. The molecule has 236 valence electrons. The number of halogens is 2. The van der Waals surface area contributed by atoms with Crippen LogP contribution in [0.1, 0.15) is 38.3 Å². The number of hydrogen-bond acceptors (Lipinski definition) is 7. The summed E-state index contributed by atoms with van der Waals surface area (Å²) in [5.74, 6) is -1.70. The fourth-order valence-corrected chi connectivity index (χ4v) is 5.88. The first-order valence-electron chi connectivity index (χ1n) is 13.6. The first kappa shape index (κ1) is 34.3. The molecule has 0 radical (unpaired) electrons. The Balaban J connectivity index is 2.15. The molecular formula is C30H34ClFN4O7S. The minimum Gasteiger partial charge on any atom is -0.495 e. The number of methoxy groups -OCH3 is 1. The number of nitro groups is 1. The third kappa shape index (κ3) is 8.03. The van der Waals surface area contributed by atoms with Crippen molar-refractivity contribution in [3.05, 3.63) is 92.7 Å². The molecule has 44 heavy (non-hydrogen) atoms. The molecule has 0 saturated carbocycles. The molecule has 2 amide bonds. The van der Waals surface area contributed by atoms with Crippen LogP contribution >= 0.6 is 11.6 Å². The van der Waals surface area contributed by atoms with Crippen LogP contribution in [0.2, 0.25) is 5.02 Å². The van der Waals surface area contributed by atoms with E-state index in [1.807, 2.05) is 6.92 Å². The van der Waals surface area contributed by atoms with Crippen molar-refractivity contribution in [2.24, 2.45) is 0 Å². The Morgan fingerprint density at radius 2 is 1.75 bits per heavy atom. The Morgan fingerprint density at radius 1 is 1.09 bits per heavy atom. The second-order valence-electron chi connectivity index (χ2n) is 10.2. The van der Waals surface area contributed by atoms with Gasteiger partial charge < -0.3 is 15.0 Å². The number of nitrogens with one attached hydrogen (secondary N) is 1. The van der Waals surface area contributed by atoms with Gasteiger partial charge in [-0.25, -0.2) is 12.8 Å². The summed E-state index contributed by atoms with van der Waals surface area (Å²) in [6, 6.07) is 11.6. The van der Waals surface area contributed by atoms with Gasteiger partial charge in [0.1, 0.15) is 24.2 Å². The van der Waals surface area contributed by atoms with E-state index in [0.29, 0.717) is 12.0 Å². The van der Waals surface area contributed by atoms with Crippen molar-refractivity contribution >= 4 is 44.8 Å². The summed E-state index contributed by atoms with van der Waals surface area (Å²) in [6.45, 7) is 5.68. The number of aryl methyl sites for hydroxylation is 1. The standard InChI is InChI=1S/C30H34ClFN4O7S/c1-6-20(3)33-30(38)21(4)34(17-22-8-11-24(32)12-9-22)29(37)18-35(27-15-23(31)10-14-28(27)43-5)44(41,42)25-13-7-19(2)26(16-25)36(39)40/h7-16,20-21H,6,17-18H2,1-5H3,(H,33,38)/t20-,21-/m0/s1. The zero-order valence-corrected chi connectivity index (χ0v) is 26.5. The predicted molar refractivity (Wildman–Crippen MR) is 165 cm³/mol. The zero-order chi connectivity index (χ0) is 32.8. The van der Waals surface area contributed by atoms with Crippen molar-refractivity contribution in [1.82, 2.24) is 10.2 Å². The van der Waals surface area contributed by atoms with E-state index in [-0.39, 0.29) is 34.6 Å². The van der Waals surface area contributed by atoms with Crippen molar-refractivity contribution in [2.45, 2.75) is 57.6 Å². The molecule has 0 heterocycles. The number of nitro benzene ring substituents is 1. The van der Waals surface area contributed by atoms with Crippen molar-refractivity contribution in [2.75, 3.05) is 18.0 Å². The van der Waals surface area contributed by atoms with Crippen LogP contribution in [0.5, 0.6) is 5.75 Å². The lowest BCUT2D eigenvalue weighted by Gasteiger charge is -2.32. The quantitative estimate of drug-likeness (QED) is 0.198. The SMILES string of the molecule is CC[C@H](C)NC(=O)[C@H](C)N(Cc1ccc(F)cc1)C(=O)CN(c1cc(Cl)ccc1OC)S(=O)(=O)c1ccc(C)c([N+](=O)[O-])c1. The van der Waals surface area contributed by atoms with Crippen molar-refractivity contribution in [3.8, 4) is 5.75 Å². The number of amides is 2. The molecule has 14 heteroatoms. The van der Waals surface area contributed by atoms with E-state index in [1.54, 1.807) is 6.92 Å². The third-order valence-electron chi connectivity index (χ3n) is 7.09. The van der Waals surface area contributed by atoms with Crippen molar-refractivity contribution < 1.29 is 32.1 Å². The summed E-state index contributed by atoms with van der Waals surface area (Å²) in [5, 5.41) is 14.6. The second kappa shape index (κ2) is 14.5. The molecular weight excluding hydrogens is 615 g/mol. The van der Waals surface area contributed by atoms with Gasteiger partial charge in [-0.3, -0.25) is 24.0 Å². The highest BCUT2D eigenvalue weighted by atomic mass is 35.5. The van der Waals surface area contributed by atoms with Gasteiger partial charge in [-0.1, -0.05) is 36.7 Å². The average Bonchev–Trinajstić information content (AvgIpc) is 2.98. The van der Waals surface area contributed by atoms with Crippen molar-refractivity contribution in [1.29, 1.82) is 0 Å². The molecule has 0 unspecified atom stereocenters. The molecule has 0 aliphatic heterocycles. The van der Waals surface area contributed by atoms with Gasteiger partial charge in [0.15, 0.2) is 0 Å². The topological polar surface area (TPSA) is 139 Å². The smallest absolute Gasteiger partial charge is 0.273 e. The molecule has 0 saturated heterocycles. The number of sulfonamides is 1. The Morgan fingerprint density at radius 3 is 2.34 bits per heavy atom. The number of carbonyl (C=O) groups excluding carboxylic acids is 2. The van der Waals surface area contributed by atoms with E-state index in [1.165, 1.54) is 80.5 Å². The maximum Gasteiger partial charge on any atom is 0.273 e. The summed E-state index contributed by atoms with van der Waals surface area (Å²) < 4.78 is 48.1. The van der Waals surface area contributed by atoms with Gasteiger partial charge in [0.05, 0.1) is 22.6 Å². The normalized spacial score (nSPS) is 12.6. The summed E-state index contributed by atoms with van der Waals surface area (Å²) in [4.78, 5) is 38.9. The molecule has 0 fully saturated rings. The molecule has 1 N–H and O–H groups in total. The van der Waals surface area contributed by atoms with Gasteiger partial charge in [0.2, 0.25) is 11.8 Å². The van der Waals surface area contributed by atoms with Crippen LogP contribution in [0, 0.1) is 22.9 Å². The van der Waals surface area contributed by atoms with Gasteiger partial charge in [-0.2, -0.15) is 0 Å². The summed E-state index contributed by atoms with van der Waals surface area (Å²) in [7, 11) is -3.36. The maximum atomic E-state index is 14.2. The van der Waals surface area contributed by atoms with Gasteiger partial charge in [0.25, 0.3) is 15.7 Å². The molecule has 3 rings (SSSR count). The lowest BCUT2D eigenvalue weighted by Crippen LogP contribution is -2.52. The lowest BCUT2D eigenvalue weighted by molar-refractivity contribution is -0.385. The molecule has 3 aromatic rings. The number of ether oxygens (including phenoxy) is 1. The number of rotatable bonds is 13. The Labute approximate surface area is 260 Å². The molecule has 11 nitrogen and oxygen atoms in total. The molecule has 2 atom stereocenters. The van der Waals surface area contributed by atoms with E-state index in [9.17, 15) is 32.5 Å². The Kier molecular flexibility index (Phi) is 11.3. The van der Waals surface area contributed by atoms with Crippen LogP contribution < -0.4 is 14.4 Å². The minimum absolute atomic E-state index is 0.0556. The highest BCUT2D eigenvalue weighted by Crippen LogP contribution is 2.36. The lowest BCUT2D eigenvalue weighted by atomic mass is 10.1. The molecule has 0 aliphatic carbocycles. The molecule has 3 aromatic carbocycles. The third-order valence-corrected chi connectivity index (χ3v) is 9.08. The van der Waals surface area contributed by atoms with E-state index < -0.39 is 55.7 Å². The molecule has 0 spiro atoms. The van der Waals surface area contributed by atoms with Crippen molar-refractivity contribution in [3.63, 3.8) is 0 Å². The van der Waals surface area contributed by atoms with Crippen LogP contribution in [-0.4, -0.2) is 55.8 Å². The summed E-state index contributed by atoms with van der Waals surface area (Å²) in [6.07, 6.45) is 0.633. The van der Waals surface area contributed by atoms with Crippen LogP contribution in [0.25, 0.3) is 0 Å². The number of nitrogens with zero attached hydrogens (tertiary/aromatic N) is 3. The number of anilines is 1. The van der Waals surface area contributed by atoms with E-state index >= 15 is 0 Å². The first-order valence-corrected chi connectivity index (χ1v) is 15.5. The predicted octanol–water partition coefficient (Wildman–Crippen LogP) is 5.23. The fraction of sp³-hybridized carbons (Fsp3) is 0.333. The van der Waals surface area contributed by atoms with Gasteiger partial charge in [-0.05, 0) is 69.2 Å². The average molecular weight is 649 g/mol. The Bertz CT molecular complexity index is 1640. The van der Waals surface area contributed by atoms with E-state index in [4.69, 9.17) is 16.3 Å². The van der Waals surface area contributed by atoms with Crippen LogP contribution in [0.15, 0.2) is 65.6 Å². The van der Waals surface area contributed by atoms with Gasteiger partial charge >= 0.3 is 0 Å². The van der Waals surface area contributed by atoms with Crippen LogP contribution in [0.4, 0.5) is 15.8 Å². The number of benzene rings is 3. The number of hydrogen-bond donors (Lipinski definition) is 1. The highest BCUT2D eigenvalue weighted by Gasteiger charge is 2.35. The molecule has 0 bridgehead atoms. The molecule has 0 aromatic heterocycles. The monoisotopic (exact) mass is 648 g/mol. The van der Waals surface area contributed by atoms with E-state index in [0.717, 1.165) is 10.4 Å². The summed E-state index contributed by atoms with van der Waals surface area (Å²) >= 11 is 6.23. The van der Waals surface area contributed by atoms with Gasteiger partial charge in [-0.15, -0.1) is 0 Å². The zero-order valence-electron chi connectivity index (χ0n) is 24.9. The maximum absolute atomic E-state index is 14.2. The Hall–Kier alpha value is -4.23. The minimum atomic E-state index is -4.66. The van der Waals surface area contributed by atoms with Crippen LogP contribution in [0.3, 0.4) is 0 Å². The summed E-state index contributed by atoms with van der Waals surface area (Å²) in [5.41, 5.74) is 0.203.